The highest BCUT2D eigenvalue weighted by Crippen LogP contribution is 2.24. The van der Waals surface area contributed by atoms with Gasteiger partial charge in [-0.2, -0.15) is 0 Å². The number of nitrogens with zero attached hydrogens (tertiary/aromatic N) is 3. The van der Waals surface area contributed by atoms with E-state index < -0.39 is 4.92 Å². The zero-order valence-corrected chi connectivity index (χ0v) is 11.3. The van der Waals surface area contributed by atoms with Gasteiger partial charge in [-0.25, -0.2) is 4.98 Å². The van der Waals surface area contributed by atoms with Gasteiger partial charge in [-0.15, -0.1) is 0 Å². The summed E-state index contributed by atoms with van der Waals surface area (Å²) >= 11 is 0. The lowest BCUT2D eigenvalue weighted by molar-refractivity contribution is -0.384. The summed E-state index contributed by atoms with van der Waals surface area (Å²) in [6, 6.07) is 5.14. The number of aromatic amines is 1. The number of fused-ring (bicyclic) bond motifs is 1. The summed E-state index contributed by atoms with van der Waals surface area (Å²) in [6.45, 7) is 4.92. The summed E-state index contributed by atoms with van der Waals surface area (Å²) in [7, 11) is 0. The Kier molecular flexibility index (Phi) is 3.27. The van der Waals surface area contributed by atoms with Gasteiger partial charge in [0.2, 0.25) is 5.95 Å². The van der Waals surface area contributed by atoms with Crippen molar-refractivity contribution in [3.05, 3.63) is 28.3 Å². The fourth-order valence-corrected chi connectivity index (χ4v) is 2.72. The van der Waals surface area contributed by atoms with E-state index in [9.17, 15) is 10.1 Å². The Morgan fingerprint density at radius 1 is 1.55 bits per heavy atom. The second-order valence-electron chi connectivity index (χ2n) is 4.95. The number of likely N-dealkylation sites (N-methyl/N-ethyl adjacent to an activating group) is 1. The van der Waals surface area contributed by atoms with Crippen LogP contribution in [0.15, 0.2) is 18.2 Å². The van der Waals surface area contributed by atoms with Gasteiger partial charge in [-0.1, -0.05) is 0 Å². The number of nitro groups is 1. The Morgan fingerprint density at radius 2 is 2.40 bits per heavy atom. The van der Waals surface area contributed by atoms with E-state index in [1.54, 1.807) is 6.07 Å². The molecule has 2 aromatic rings. The summed E-state index contributed by atoms with van der Waals surface area (Å²) in [5, 5.41) is 14.1. The van der Waals surface area contributed by atoms with Crippen LogP contribution in [0, 0.1) is 10.1 Å². The molecule has 1 aliphatic rings. The van der Waals surface area contributed by atoms with Crippen molar-refractivity contribution in [2.24, 2.45) is 0 Å². The van der Waals surface area contributed by atoms with E-state index in [-0.39, 0.29) is 5.69 Å². The van der Waals surface area contributed by atoms with Crippen LogP contribution >= 0.6 is 0 Å². The molecule has 0 radical (unpaired) electrons. The van der Waals surface area contributed by atoms with Crippen molar-refractivity contribution in [2.75, 3.05) is 24.5 Å². The van der Waals surface area contributed by atoms with Crippen molar-refractivity contribution in [1.82, 2.24) is 15.3 Å². The van der Waals surface area contributed by atoms with Gasteiger partial charge in [0, 0.05) is 31.3 Å². The maximum atomic E-state index is 10.8. The Hall–Kier alpha value is -2.15. The molecular weight excluding hydrogens is 258 g/mol. The van der Waals surface area contributed by atoms with E-state index in [2.05, 4.69) is 27.1 Å². The number of nitro benzene ring substituents is 1. The minimum Gasteiger partial charge on any atom is -0.338 e. The summed E-state index contributed by atoms with van der Waals surface area (Å²) in [6.07, 6.45) is 1.09. The molecule has 0 bridgehead atoms. The lowest BCUT2D eigenvalue weighted by Gasteiger charge is -2.26. The molecule has 3 rings (SSSR count). The Bertz CT molecular complexity index is 633. The smallest absolute Gasteiger partial charge is 0.271 e. The van der Waals surface area contributed by atoms with Crippen LogP contribution in [0.3, 0.4) is 0 Å². The maximum absolute atomic E-state index is 10.8. The highest BCUT2D eigenvalue weighted by atomic mass is 16.6. The average Bonchev–Trinajstić information content (AvgIpc) is 3.07. The molecule has 106 valence electrons. The predicted molar refractivity (Wildman–Crippen MR) is 77.0 cm³/mol. The molecule has 7 nitrogen and oxygen atoms in total. The normalized spacial score (nSPS) is 18.6. The van der Waals surface area contributed by atoms with Gasteiger partial charge in [0.25, 0.3) is 5.69 Å². The minimum absolute atomic E-state index is 0.0817. The van der Waals surface area contributed by atoms with Crippen molar-refractivity contribution in [3.8, 4) is 0 Å². The molecule has 7 heteroatoms. The van der Waals surface area contributed by atoms with Gasteiger partial charge < -0.3 is 15.2 Å². The number of imidazole rings is 1. The fraction of sp³-hybridized carbons (Fsp3) is 0.462. The van der Waals surface area contributed by atoms with Crippen LogP contribution in [0.4, 0.5) is 11.6 Å². The third kappa shape index (κ3) is 2.20. The lowest BCUT2D eigenvalue weighted by Crippen LogP contribution is -2.37. The number of hydrogen-bond donors (Lipinski definition) is 2. The monoisotopic (exact) mass is 275 g/mol. The van der Waals surface area contributed by atoms with Gasteiger partial charge >= 0.3 is 0 Å². The first-order chi connectivity index (χ1) is 9.69. The van der Waals surface area contributed by atoms with Crippen molar-refractivity contribution in [3.63, 3.8) is 0 Å². The summed E-state index contributed by atoms with van der Waals surface area (Å²) in [4.78, 5) is 20.4. The number of benzene rings is 1. The third-order valence-electron chi connectivity index (χ3n) is 3.75. The highest BCUT2D eigenvalue weighted by molar-refractivity contribution is 5.80. The molecule has 1 atom stereocenters. The number of rotatable bonds is 4. The number of aromatic nitrogens is 2. The van der Waals surface area contributed by atoms with Crippen molar-refractivity contribution < 1.29 is 4.92 Å². The molecule has 0 amide bonds. The van der Waals surface area contributed by atoms with Gasteiger partial charge in [-0.05, 0) is 26.0 Å². The summed E-state index contributed by atoms with van der Waals surface area (Å²) < 4.78 is 0. The zero-order chi connectivity index (χ0) is 14.1. The van der Waals surface area contributed by atoms with Crippen LogP contribution in [0.2, 0.25) is 0 Å². The Labute approximate surface area is 116 Å². The zero-order valence-electron chi connectivity index (χ0n) is 11.3. The highest BCUT2D eigenvalue weighted by Gasteiger charge is 2.23. The molecule has 2 heterocycles. The van der Waals surface area contributed by atoms with Crippen LogP contribution in [-0.2, 0) is 0 Å². The van der Waals surface area contributed by atoms with Crippen molar-refractivity contribution in [1.29, 1.82) is 0 Å². The first-order valence-electron chi connectivity index (χ1n) is 6.80. The second-order valence-corrected chi connectivity index (χ2v) is 4.95. The van der Waals surface area contributed by atoms with Gasteiger partial charge in [0.15, 0.2) is 0 Å². The van der Waals surface area contributed by atoms with E-state index in [1.807, 2.05) is 0 Å². The predicted octanol–water partition coefficient (Wildman–Crippen LogP) is 1.66. The van der Waals surface area contributed by atoms with E-state index in [0.717, 1.165) is 37.5 Å². The topological polar surface area (TPSA) is 87.1 Å². The van der Waals surface area contributed by atoms with E-state index in [0.29, 0.717) is 11.6 Å². The minimum atomic E-state index is -0.390. The Balaban J connectivity index is 1.96. The molecule has 20 heavy (non-hydrogen) atoms. The van der Waals surface area contributed by atoms with Crippen LogP contribution in [-0.4, -0.2) is 40.6 Å². The van der Waals surface area contributed by atoms with Crippen LogP contribution in [0.25, 0.3) is 11.0 Å². The van der Waals surface area contributed by atoms with Crippen LogP contribution in [0.5, 0.6) is 0 Å². The molecule has 1 saturated heterocycles. The molecule has 0 saturated carbocycles. The number of anilines is 1. The average molecular weight is 275 g/mol. The number of H-pyrrole nitrogens is 1. The molecule has 1 aromatic heterocycles. The second kappa shape index (κ2) is 5.09. The molecule has 1 unspecified atom stereocenters. The third-order valence-corrected chi connectivity index (χ3v) is 3.75. The molecule has 2 N–H and O–H groups in total. The first-order valence-corrected chi connectivity index (χ1v) is 6.80. The lowest BCUT2D eigenvalue weighted by atomic mass is 10.2. The van der Waals surface area contributed by atoms with Crippen LogP contribution < -0.4 is 10.2 Å². The standard InChI is InChI=1S/C13H17N5O2/c1-2-17(10-5-6-14-8-10)13-15-11-4-3-9(18(19)20)7-12(11)16-13/h3-4,7,10,14H,2,5-6,8H2,1H3,(H,15,16). The van der Waals surface area contributed by atoms with Crippen LogP contribution in [0.1, 0.15) is 13.3 Å². The van der Waals surface area contributed by atoms with Gasteiger partial charge in [0.1, 0.15) is 0 Å². The molecule has 0 spiro atoms. The van der Waals surface area contributed by atoms with Crippen molar-refractivity contribution >= 4 is 22.7 Å². The molecule has 1 aliphatic heterocycles. The molecular formula is C13H17N5O2. The van der Waals surface area contributed by atoms with Gasteiger partial charge in [0.05, 0.1) is 16.0 Å². The summed E-state index contributed by atoms with van der Waals surface area (Å²) in [5.74, 6) is 0.789. The van der Waals surface area contributed by atoms with E-state index >= 15 is 0 Å². The van der Waals surface area contributed by atoms with Gasteiger partial charge in [-0.3, -0.25) is 10.1 Å². The number of nitrogens with one attached hydrogen (secondary N) is 2. The van der Waals surface area contributed by atoms with E-state index in [1.165, 1.54) is 12.1 Å². The molecule has 1 aromatic carbocycles. The van der Waals surface area contributed by atoms with E-state index in [4.69, 9.17) is 0 Å². The quantitative estimate of drug-likeness (QED) is 0.654. The molecule has 0 aliphatic carbocycles. The van der Waals surface area contributed by atoms with Crippen molar-refractivity contribution in [2.45, 2.75) is 19.4 Å². The first kappa shape index (κ1) is 12.9. The Morgan fingerprint density at radius 3 is 3.05 bits per heavy atom. The fourth-order valence-electron chi connectivity index (χ4n) is 2.72. The largest absolute Gasteiger partial charge is 0.338 e. The number of hydrogen-bond acceptors (Lipinski definition) is 5. The number of non-ortho nitro benzene ring substituents is 1. The summed E-state index contributed by atoms with van der Waals surface area (Å²) in [5.41, 5.74) is 1.55. The molecule has 1 fully saturated rings. The maximum Gasteiger partial charge on any atom is 0.271 e. The SMILES string of the molecule is CCN(c1nc2ccc([N+](=O)[O-])cc2[nH]1)C1CCNC1.